The molecular weight excluding hydrogens is 520 g/mol. The van der Waals surface area contributed by atoms with E-state index in [1.54, 1.807) is 13.8 Å². The van der Waals surface area contributed by atoms with Gasteiger partial charge in [-0.3, -0.25) is 14.4 Å². The van der Waals surface area contributed by atoms with Gasteiger partial charge in [-0.15, -0.1) is 0 Å². The van der Waals surface area contributed by atoms with E-state index in [0.717, 1.165) is 11.1 Å². The van der Waals surface area contributed by atoms with E-state index in [2.05, 4.69) is 45.1 Å². The summed E-state index contributed by atoms with van der Waals surface area (Å²) in [5.74, 6) is -0.518. The molecule has 1 heterocycles. The van der Waals surface area contributed by atoms with Crippen LogP contribution in [0.1, 0.15) is 90.5 Å². The van der Waals surface area contributed by atoms with Gasteiger partial charge < -0.3 is 14.8 Å². The number of amides is 2. The number of aromatic nitrogens is 1. The predicted octanol–water partition coefficient (Wildman–Crippen LogP) is 4.85. The van der Waals surface area contributed by atoms with Crippen molar-refractivity contribution in [2.75, 3.05) is 7.11 Å². The molecule has 2 amide bonds. The molecule has 3 aromatic rings. The summed E-state index contributed by atoms with van der Waals surface area (Å²) in [7, 11) is 1.40. The Morgan fingerprint density at radius 1 is 0.976 bits per heavy atom. The lowest BCUT2D eigenvalue weighted by atomic mass is 9.97. The van der Waals surface area contributed by atoms with Crippen molar-refractivity contribution in [3.63, 3.8) is 0 Å². The Kier molecular flexibility index (Phi) is 8.42. The highest BCUT2D eigenvalue weighted by Crippen LogP contribution is 2.41. The van der Waals surface area contributed by atoms with Gasteiger partial charge in [0.2, 0.25) is 5.75 Å². The molecule has 2 N–H and O–H groups in total. The zero-order chi connectivity index (χ0) is 28.9. The third-order valence-corrected chi connectivity index (χ3v) is 7.24. The van der Waals surface area contributed by atoms with Crippen LogP contribution in [0.15, 0.2) is 65.9 Å². The molecule has 1 aromatic heterocycles. The SMILES string of the molecule is CCC(=O)Oc1c(OC)ccnc1C(=O)N[C@@H](C)C(=O)NN=C(c1cccc(C2CC2)c1)c1cccc(C2CC2)c1. The van der Waals surface area contributed by atoms with E-state index in [-0.39, 0.29) is 23.6 Å². The van der Waals surface area contributed by atoms with Gasteiger partial charge in [0.05, 0.1) is 12.8 Å². The molecule has 0 unspecified atom stereocenters. The maximum atomic E-state index is 13.1. The summed E-state index contributed by atoms with van der Waals surface area (Å²) in [6.07, 6.45) is 6.20. The summed E-state index contributed by atoms with van der Waals surface area (Å²) in [6, 6.07) is 17.1. The zero-order valence-corrected chi connectivity index (χ0v) is 23.5. The van der Waals surface area contributed by atoms with Crippen LogP contribution in [0.4, 0.5) is 0 Å². The summed E-state index contributed by atoms with van der Waals surface area (Å²) in [4.78, 5) is 42.2. The van der Waals surface area contributed by atoms with Gasteiger partial charge in [-0.05, 0) is 67.7 Å². The van der Waals surface area contributed by atoms with Gasteiger partial charge in [-0.1, -0.05) is 43.3 Å². The molecule has 0 bridgehead atoms. The minimum Gasteiger partial charge on any atom is -0.493 e. The average molecular weight is 555 g/mol. The molecule has 0 saturated heterocycles. The highest BCUT2D eigenvalue weighted by atomic mass is 16.6. The first-order valence-electron chi connectivity index (χ1n) is 14.0. The van der Waals surface area contributed by atoms with Crippen molar-refractivity contribution in [3.8, 4) is 11.5 Å². The molecular formula is C32H34N4O5. The lowest BCUT2D eigenvalue weighted by Crippen LogP contribution is -2.44. The van der Waals surface area contributed by atoms with Gasteiger partial charge in [0.1, 0.15) is 6.04 Å². The van der Waals surface area contributed by atoms with Crippen molar-refractivity contribution in [3.05, 3.63) is 88.7 Å². The molecule has 212 valence electrons. The van der Waals surface area contributed by atoms with Crippen LogP contribution in [0.25, 0.3) is 0 Å². The van der Waals surface area contributed by atoms with E-state index in [1.807, 2.05) is 24.3 Å². The third kappa shape index (κ3) is 6.80. The fourth-order valence-electron chi connectivity index (χ4n) is 4.58. The molecule has 9 nitrogen and oxygen atoms in total. The smallest absolute Gasteiger partial charge is 0.311 e. The van der Waals surface area contributed by atoms with Crippen LogP contribution in [-0.2, 0) is 9.59 Å². The first kappa shape index (κ1) is 28.0. The van der Waals surface area contributed by atoms with E-state index in [4.69, 9.17) is 9.47 Å². The molecule has 0 aliphatic heterocycles. The molecule has 0 radical (unpaired) electrons. The Bertz CT molecular complexity index is 1440. The highest BCUT2D eigenvalue weighted by molar-refractivity contribution is 6.13. The minimum absolute atomic E-state index is 0.0987. The van der Waals surface area contributed by atoms with Gasteiger partial charge in [0.15, 0.2) is 11.4 Å². The number of ether oxygens (including phenoxy) is 2. The van der Waals surface area contributed by atoms with Crippen molar-refractivity contribution < 1.29 is 23.9 Å². The molecule has 2 fully saturated rings. The van der Waals surface area contributed by atoms with Crippen molar-refractivity contribution in [2.24, 2.45) is 5.10 Å². The van der Waals surface area contributed by atoms with E-state index >= 15 is 0 Å². The molecule has 1 atom stereocenters. The number of pyridine rings is 1. The Labute approximate surface area is 239 Å². The summed E-state index contributed by atoms with van der Waals surface area (Å²) >= 11 is 0. The Hall–Kier alpha value is -4.53. The maximum Gasteiger partial charge on any atom is 0.311 e. The van der Waals surface area contributed by atoms with Crippen LogP contribution in [0.2, 0.25) is 0 Å². The van der Waals surface area contributed by atoms with Crippen LogP contribution in [0.3, 0.4) is 0 Å². The summed E-state index contributed by atoms with van der Waals surface area (Å²) in [6.45, 7) is 3.18. The van der Waals surface area contributed by atoms with Crippen molar-refractivity contribution >= 4 is 23.5 Å². The molecule has 9 heteroatoms. The number of nitrogens with one attached hydrogen (secondary N) is 2. The average Bonchev–Trinajstić information content (AvgIpc) is 3.90. The van der Waals surface area contributed by atoms with Gasteiger partial charge in [-0.25, -0.2) is 10.4 Å². The molecule has 2 aliphatic rings. The molecule has 41 heavy (non-hydrogen) atoms. The number of carbonyl (C=O) groups excluding carboxylic acids is 3. The van der Waals surface area contributed by atoms with Crippen molar-refractivity contribution in [2.45, 2.75) is 63.8 Å². The zero-order valence-electron chi connectivity index (χ0n) is 23.5. The number of benzene rings is 2. The van der Waals surface area contributed by atoms with Gasteiger partial charge >= 0.3 is 5.97 Å². The molecule has 2 aliphatic carbocycles. The molecule has 2 aromatic carbocycles. The normalized spacial score (nSPS) is 14.9. The van der Waals surface area contributed by atoms with E-state index < -0.39 is 23.8 Å². The maximum absolute atomic E-state index is 13.1. The van der Waals surface area contributed by atoms with Crippen LogP contribution >= 0.6 is 0 Å². The first-order chi connectivity index (χ1) is 19.9. The summed E-state index contributed by atoms with van der Waals surface area (Å²) < 4.78 is 10.6. The number of rotatable bonds is 11. The number of hydrogen-bond acceptors (Lipinski definition) is 7. The van der Waals surface area contributed by atoms with Crippen LogP contribution in [-0.4, -0.2) is 41.6 Å². The summed E-state index contributed by atoms with van der Waals surface area (Å²) in [5.41, 5.74) is 7.52. The number of esters is 1. The van der Waals surface area contributed by atoms with Gasteiger partial charge in [0.25, 0.3) is 11.8 Å². The van der Waals surface area contributed by atoms with Crippen LogP contribution in [0.5, 0.6) is 11.5 Å². The second-order valence-electron chi connectivity index (χ2n) is 10.4. The van der Waals surface area contributed by atoms with Crippen LogP contribution < -0.4 is 20.2 Å². The Balaban J connectivity index is 1.36. The fourth-order valence-corrected chi connectivity index (χ4v) is 4.58. The lowest BCUT2D eigenvalue weighted by molar-refractivity contribution is -0.134. The second-order valence-corrected chi connectivity index (χ2v) is 10.4. The van der Waals surface area contributed by atoms with Crippen molar-refractivity contribution in [1.29, 1.82) is 0 Å². The highest BCUT2D eigenvalue weighted by Gasteiger charge is 2.27. The lowest BCUT2D eigenvalue weighted by Gasteiger charge is -2.16. The topological polar surface area (TPSA) is 119 Å². The van der Waals surface area contributed by atoms with Gasteiger partial charge in [-0.2, -0.15) is 5.10 Å². The number of methoxy groups -OCH3 is 1. The summed E-state index contributed by atoms with van der Waals surface area (Å²) in [5, 5.41) is 7.18. The number of nitrogens with zero attached hydrogens (tertiary/aromatic N) is 2. The van der Waals surface area contributed by atoms with E-state index in [1.165, 1.54) is 56.2 Å². The standard InChI is InChI=1S/C32H34N4O5/c1-4-27(37)41-30-26(40-3)15-16-33-29(30)32(39)34-19(2)31(38)36-35-28(24-9-5-7-22(17-24)20-11-12-20)25-10-6-8-23(18-25)21-13-14-21/h5-10,15-21H,4,11-14H2,1-3H3,(H,34,39)(H,36,38)/t19-/m0/s1. The number of hydrogen-bond donors (Lipinski definition) is 2. The first-order valence-corrected chi connectivity index (χ1v) is 14.0. The van der Waals surface area contributed by atoms with Crippen molar-refractivity contribution in [1.82, 2.24) is 15.7 Å². The molecule has 5 rings (SSSR count). The Morgan fingerprint density at radius 2 is 1.59 bits per heavy atom. The predicted molar refractivity (Wildman–Crippen MR) is 154 cm³/mol. The molecule has 2 saturated carbocycles. The van der Waals surface area contributed by atoms with Crippen LogP contribution in [0, 0.1) is 0 Å². The Morgan fingerprint density at radius 3 is 2.12 bits per heavy atom. The third-order valence-electron chi connectivity index (χ3n) is 7.24. The molecule has 0 spiro atoms. The fraction of sp³-hybridized carbons (Fsp3) is 0.344. The number of hydrazone groups is 1. The minimum atomic E-state index is -0.967. The van der Waals surface area contributed by atoms with Gasteiger partial charge in [0, 0.05) is 29.8 Å². The second kappa shape index (κ2) is 12.3. The van der Waals surface area contributed by atoms with E-state index in [0.29, 0.717) is 17.5 Å². The van der Waals surface area contributed by atoms with E-state index in [9.17, 15) is 14.4 Å². The largest absolute Gasteiger partial charge is 0.493 e. The monoisotopic (exact) mass is 554 g/mol. The quantitative estimate of drug-likeness (QED) is 0.199. The number of carbonyl (C=O) groups is 3.